The van der Waals surface area contributed by atoms with E-state index in [0.717, 1.165) is 37.7 Å². The normalized spacial score (nSPS) is 29.0. The number of aliphatic hydroxyl groups excluding tert-OH is 1. The molecule has 4 rings (SSSR count). The van der Waals surface area contributed by atoms with Crippen molar-refractivity contribution in [2.75, 3.05) is 31.6 Å². The Labute approximate surface area is 168 Å². The molecule has 3 heterocycles. The molecule has 158 valence electrons. The van der Waals surface area contributed by atoms with Crippen LogP contribution >= 0.6 is 0 Å². The molecule has 2 saturated heterocycles. The summed E-state index contributed by atoms with van der Waals surface area (Å²) in [6.45, 7) is 4.47. The molecule has 1 aromatic carbocycles. The topological polar surface area (TPSA) is 51.6 Å². The van der Waals surface area contributed by atoms with Crippen molar-refractivity contribution in [3.8, 4) is 0 Å². The van der Waals surface area contributed by atoms with Gasteiger partial charge in [0, 0.05) is 49.0 Å². The second-order valence-electron chi connectivity index (χ2n) is 8.43. The Kier molecular flexibility index (Phi) is 5.44. The van der Waals surface area contributed by atoms with Gasteiger partial charge in [0.25, 0.3) is 0 Å². The SMILES string of the molecule is C[C@H]1C[C@@H](NC2CCN(C)C2O)CN(c2ccc(C(F)(F)F)c3ncccc23)C1. The van der Waals surface area contributed by atoms with E-state index in [9.17, 15) is 18.3 Å². The lowest BCUT2D eigenvalue weighted by Crippen LogP contribution is -2.54. The fourth-order valence-electron chi connectivity index (χ4n) is 4.73. The fourth-order valence-corrected chi connectivity index (χ4v) is 4.73. The lowest BCUT2D eigenvalue weighted by Gasteiger charge is -2.40. The molecule has 2 aliphatic heterocycles. The largest absolute Gasteiger partial charge is 0.418 e. The van der Waals surface area contributed by atoms with Gasteiger partial charge < -0.3 is 15.3 Å². The van der Waals surface area contributed by atoms with Crippen molar-refractivity contribution < 1.29 is 18.3 Å². The summed E-state index contributed by atoms with van der Waals surface area (Å²) in [7, 11) is 1.91. The molecule has 2 fully saturated rings. The molecule has 0 saturated carbocycles. The number of hydrogen-bond acceptors (Lipinski definition) is 5. The Bertz CT molecular complexity index is 875. The second kappa shape index (κ2) is 7.74. The van der Waals surface area contributed by atoms with Crippen molar-refractivity contribution in [1.82, 2.24) is 15.2 Å². The van der Waals surface area contributed by atoms with Crippen LogP contribution in [0.5, 0.6) is 0 Å². The molecule has 0 spiro atoms. The number of benzene rings is 1. The number of rotatable bonds is 3. The highest BCUT2D eigenvalue weighted by Crippen LogP contribution is 2.38. The molecule has 1 aromatic heterocycles. The van der Waals surface area contributed by atoms with Crippen molar-refractivity contribution in [2.24, 2.45) is 5.92 Å². The van der Waals surface area contributed by atoms with E-state index in [-0.39, 0.29) is 17.6 Å². The van der Waals surface area contributed by atoms with Crippen LogP contribution in [-0.4, -0.2) is 60.0 Å². The highest BCUT2D eigenvalue weighted by molar-refractivity contribution is 5.94. The molecule has 0 amide bonds. The van der Waals surface area contributed by atoms with Gasteiger partial charge in [-0.1, -0.05) is 6.92 Å². The van der Waals surface area contributed by atoms with Crippen LogP contribution in [0.15, 0.2) is 30.5 Å². The third kappa shape index (κ3) is 4.06. The van der Waals surface area contributed by atoms with Crippen molar-refractivity contribution in [2.45, 2.75) is 44.3 Å². The van der Waals surface area contributed by atoms with Crippen molar-refractivity contribution in [3.05, 3.63) is 36.0 Å². The molecule has 4 atom stereocenters. The molecule has 0 bridgehead atoms. The van der Waals surface area contributed by atoms with Gasteiger partial charge in [-0.05, 0) is 50.1 Å². The number of nitrogens with one attached hydrogen (secondary N) is 1. The van der Waals surface area contributed by atoms with Gasteiger partial charge in [-0.25, -0.2) is 0 Å². The molecular formula is C21H27F3N4O. The number of hydrogen-bond donors (Lipinski definition) is 2. The number of fused-ring (bicyclic) bond motifs is 1. The summed E-state index contributed by atoms with van der Waals surface area (Å²) in [5, 5.41) is 14.4. The molecule has 2 aliphatic rings. The first-order valence-corrected chi connectivity index (χ1v) is 10.1. The second-order valence-corrected chi connectivity index (χ2v) is 8.43. The van der Waals surface area contributed by atoms with Crippen LogP contribution in [0.4, 0.5) is 18.9 Å². The first-order valence-electron chi connectivity index (χ1n) is 10.1. The van der Waals surface area contributed by atoms with Crippen molar-refractivity contribution in [3.63, 3.8) is 0 Å². The maximum Gasteiger partial charge on any atom is 0.418 e. The minimum absolute atomic E-state index is 0.00641. The zero-order chi connectivity index (χ0) is 20.8. The molecule has 0 aliphatic carbocycles. The molecule has 8 heteroatoms. The summed E-state index contributed by atoms with van der Waals surface area (Å²) in [5.74, 6) is 0.381. The van der Waals surface area contributed by atoms with Gasteiger partial charge in [-0.15, -0.1) is 0 Å². The number of likely N-dealkylation sites (N-methyl/N-ethyl adjacent to an activating group) is 1. The Hall–Kier alpha value is -1.90. The quantitative estimate of drug-likeness (QED) is 0.818. The Morgan fingerprint density at radius 3 is 2.69 bits per heavy atom. The average molecular weight is 408 g/mol. The third-order valence-electron chi connectivity index (χ3n) is 6.11. The summed E-state index contributed by atoms with van der Waals surface area (Å²) in [6, 6.07) is 6.29. The van der Waals surface area contributed by atoms with Crippen molar-refractivity contribution in [1.29, 1.82) is 0 Å². The molecular weight excluding hydrogens is 381 g/mol. The van der Waals surface area contributed by atoms with Crippen LogP contribution in [0.25, 0.3) is 10.9 Å². The number of piperidine rings is 1. The van der Waals surface area contributed by atoms with Gasteiger partial charge in [-0.2, -0.15) is 13.2 Å². The molecule has 2 N–H and O–H groups in total. The van der Waals surface area contributed by atoms with E-state index >= 15 is 0 Å². The lowest BCUT2D eigenvalue weighted by molar-refractivity contribution is -0.136. The maximum absolute atomic E-state index is 13.4. The molecule has 2 unspecified atom stereocenters. The zero-order valence-electron chi connectivity index (χ0n) is 16.7. The predicted octanol–water partition coefficient (Wildman–Crippen LogP) is 3.08. The van der Waals surface area contributed by atoms with Gasteiger partial charge in [0.1, 0.15) is 6.23 Å². The smallest absolute Gasteiger partial charge is 0.377 e. The first kappa shape index (κ1) is 20.4. The van der Waals surface area contributed by atoms with Crippen LogP contribution in [0, 0.1) is 5.92 Å². The summed E-state index contributed by atoms with van der Waals surface area (Å²) in [6.07, 6.45) is -1.68. The fraction of sp³-hybridized carbons (Fsp3) is 0.571. The first-order chi connectivity index (χ1) is 13.7. The number of pyridine rings is 1. The third-order valence-corrected chi connectivity index (χ3v) is 6.11. The van der Waals surface area contributed by atoms with E-state index in [2.05, 4.69) is 22.1 Å². The van der Waals surface area contributed by atoms with E-state index in [0.29, 0.717) is 17.8 Å². The van der Waals surface area contributed by atoms with Crippen LogP contribution < -0.4 is 10.2 Å². The Balaban J connectivity index is 1.61. The Morgan fingerprint density at radius 2 is 2.00 bits per heavy atom. The van der Waals surface area contributed by atoms with E-state index in [1.165, 1.54) is 6.20 Å². The Morgan fingerprint density at radius 1 is 1.21 bits per heavy atom. The number of alkyl halides is 3. The van der Waals surface area contributed by atoms with E-state index < -0.39 is 18.0 Å². The number of halogens is 3. The van der Waals surface area contributed by atoms with Crippen LogP contribution in [0.3, 0.4) is 0 Å². The zero-order valence-corrected chi connectivity index (χ0v) is 16.7. The maximum atomic E-state index is 13.4. The number of likely N-dealkylation sites (tertiary alicyclic amines) is 1. The van der Waals surface area contributed by atoms with Gasteiger partial charge in [0.05, 0.1) is 11.1 Å². The lowest BCUT2D eigenvalue weighted by atomic mass is 9.93. The molecule has 5 nitrogen and oxygen atoms in total. The minimum Gasteiger partial charge on any atom is -0.377 e. The highest BCUT2D eigenvalue weighted by atomic mass is 19.4. The summed E-state index contributed by atoms with van der Waals surface area (Å²) in [4.78, 5) is 8.12. The minimum atomic E-state index is -4.44. The van der Waals surface area contributed by atoms with Crippen molar-refractivity contribution >= 4 is 16.6 Å². The number of anilines is 1. The van der Waals surface area contributed by atoms with Gasteiger partial charge in [0.2, 0.25) is 0 Å². The van der Waals surface area contributed by atoms with Gasteiger partial charge in [-0.3, -0.25) is 9.88 Å². The molecule has 29 heavy (non-hydrogen) atoms. The standard InChI is InChI=1S/C21H27F3N4O/c1-13-10-14(26-17-7-9-27(2)20(17)29)12-28(11-13)18-6-5-16(21(22,23)24)19-15(18)4-3-8-25-19/h3-6,8,13-14,17,20,26,29H,7,9-12H2,1-2H3/t13-,14+,17?,20?/m0/s1. The number of nitrogens with zero attached hydrogens (tertiary/aromatic N) is 3. The van der Waals surface area contributed by atoms with E-state index in [4.69, 9.17) is 0 Å². The molecule has 2 aromatic rings. The summed E-state index contributed by atoms with van der Waals surface area (Å²) in [5.41, 5.74) is 0.0744. The monoisotopic (exact) mass is 408 g/mol. The van der Waals surface area contributed by atoms with E-state index in [1.54, 1.807) is 18.2 Å². The van der Waals surface area contributed by atoms with Crippen LogP contribution in [0.2, 0.25) is 0 Å². The summed E-state index contributed by atoms with van der Waals surface area (Å²) < 4.78 is 40.3. The predicted molar refractivity (Wildman–Crippen MR) is 107 cm³/mol. The van der Waals surface area contributed by atoms with Crippen LogP contribution in [0.1, 0.15) is 25.3 Å². The molecule has 0 radical (unpaired) electrons. The van der Waals surface area contributed by atoms with Gasteiger partial charge in [0.15, 0.2) is 0 Å². The van der Waals surface area contributed by atoms with E-state index in [1.807, 2.05) is 11.9 Å². The summed E-state index contributed by atoms with van der Waals surface area (Å²) >= 11 is 0. The van der Waals surface area contributed by atoms with Crippen LogP contribution in [-0.2, 0) is 6.18 Å². The average Bonchev–Trinajstić information content (AvgIpc) is 2.98. The number of aliphatic hydroxyl groups is 1. The number of aromatic nitrogens is 1. The van der Waals surface area contributed by atoms with Gasteiger partial charge >= 0.3 is 6.18 Å². The highest BCUT2D eigenvalue weighted by Gasteiger charge is 2.36.